The first-order valence-electron chi connectivity index (χ1n) is 5.55. The third-order valence-electron chi connectivity index (χ3n) is 2.96. The number of hydrogen-bond acceptors (Lipinski definition) is 3. The van der Waals surface area contributed by atoms with E-state index >= 15 is 0 Å². The Morgan fingerprint density at radius 2 is 2.20 bits per heavy atom. The summed E-state index contributed by atoms with van der Waals surface area (Å²) >= 11 is 0. The maximum Gasteiger partial charge on any atom is 0.0733 e. The number of aromatic nitrogens is 1. The van der Waals surface area contributed by atoms with Gasteiger partial charge in [-0.2, -0.15) is 0 Å². The normalized spacial score (nSPS) is 27.9. The lowest BCUT2D eigenvalue weighted by Gasteiger charge is -2.19. The summed E-state index contributed by atoms with van der Waals surface area (Å²) in [6.07, 6.45) is 7.31. The second kappa shape index (κ2) is 4.73. The molecule has 1 fully saturated rings. The van der Waals surface area contributed by atoms with Gasteiger partial charge in [-0.1, -0.05) is 0 Å². The number of nitrogens with zero attached hydrogens (tertiary/aromatic N) is 1. The number of rotatable bonds is 3. The largest absolute Gasteiger partial charge is 0.374 e. The van der Waals surface area contributed by atoms with E-state index in [1.807, 2.05) is 12.1 Å². The minimum atomic E-state index is 0.109. The first-order chi connectivity index (χ1) is 7.25. The highest BCUT2D eigenvalue weighted by molar-refractivity contribution is 5.11. The third-order valence-corrected chi connectivity index (χ3v) is 2.96. The summed E-state index contributed by atoms with van der Waals surface area (Å²) in [7, 11) is 0. The zero-order chi connectivity index (χ0) is 10.7. The molecular weight excluding hydrogens is 188 g/mol. The summed E-state index contributed by atoms with van der Waals surface area (Å²) in [6, 6.07) is 4.13. The molecule has 3 atom stereocenters. The molecular formula is C12H18N2O. The van der Waals surface area contributed by atoms with Crippen LogP contribution in [-0.2, 0) is 11.2 Å². The summed E-state index contributed by atoms with van der Waals surface area (Å²) in [6.45, 7) is 2.11. The van der Waals surface area contributed by atoms with Gasteiger partial charge in [0.2, 0.25) is 0 Å². The SMILES string of the molecule is CC1CCC(C(N)Cc2ccncc2)O1. The molecule has 2 N–H and O–H groups in total. The maximum atomic E-state index is 6.13. The topological polar surface area (TPSA) is 48.1 Å². The van der Waals surface area contributed by atoms with Crippen molar-refractivity contribution in [1.29, 1.82) is 0 Å². The van der Waals surface area contributed by atoms with Gasteiger partial charge in [-0.05, 0) is 43.9 Å². The quantitative estimate of drug-likeness (QED) is 0.815. The first kappa shape index (κ1) is 10.6. The number of pyridine rings is 1. The van der Waals surface area contributed by atoms with Gasteiger partial charge in [-0.3, -0.25) is 4.98 Å². The Balaban J connectivity index is 1.90. The molecule has 1 aromatic heterocycles. The number of nitrogens with two attached hydrogens (primary N) is 1. The molecule has 0 aliphatic carbocycles. The lowest BCUT2D eigenvalue weighted by atomic mass is 10.0. The van der Waals surface area contributed by atoms with Crippen LogP contribution in [0, 0.1) is 0 Å². The van der Waals surface area contributed by atoms with Crippen molar-refractivity contribution in [2.75, 3.05) is 0 Å². The van der Waals surface area contributed by atoms with Gasteiger partial charge in [0.25, 0.3) is 0 Å². The molecule has 15 heavy (non-hydrogen) atoms. The van der Waals surface area contributed by atoms with Gasteiger partial charge >= 0.3 is 0 Å². The molecule has 0 bridgehead atoms. The third kappa shape index (κ3) is 2.76. The zero-order valence-corrected chi connectivity index (χ0v) is 9.10. The van der Waals surface area contributed by atoms with Crippen LogP contribution in [0.3, 0.4) is 0 Å². The van der Waals surface area contributed by atoms with Crippen LogP contribution in [0.4, 0.5) is 0 Å². The molecule has 3 nitrogen and oxygen atoms in total. The van der Waals surface area contributed by atoms with Crippen LogP contribution in [0.15, 0.2) is 24.5 Å². The van der Waals surface area contributed by atoms with E-state index in [0.29, 0.717) is 6.10 Å². The van der Waals surface area contributed by atoms with Gasteiger partial charge < -0.3 is 10.5 Å². The van der Waals surface area contributed by atoms with Crippen LogP contribution >= 0.6 is 0 Å². The van der Waals surface area contributed by atoms with Gasteiger partial charge in [-0.25, -0.2) is 0 Å². The Kier molecular flexibility index (Phi) is 3.34. The second-order valence-electron chi connectivity index (χ2n) is 4.29. The Bertz CT molecular complexity index is 302. The van der Waals surface area contributed by atoms with Crippen LogP contribution in [0.1, 0.15) is 25.3 Å². The Hall–Kier alpha value is -0.930. The number of ether oxygens (including phenoxy) is 1. The van der Waals surface area contributed by atoms with E-state index in [4.69, 9.17) is 10.5 Å². The summed E-state index contributed by atoms with van der Waals surface area (Å²) in [4.78, 5) is 3.99. The molecule has 0 amide bonds. The molecule has 3 unspecified atom stereocenters. The Labute approximate surface area is 90.7 Å². The molecule has 1 aliphatic rings. The van der Waals surface area contributed by atoms with E-state index in [0.717, 1.165) is 19.3 Å². The highest BCUT2D eigenvalue weighted by Gasteiger charge is 2.27. The molecule has 0 saturated carbocycles. The minimum absolute atomic E-state index is 0.109. The molecule has 82 valence electrons. The van der Waals surface area contributed by atoms with Gasteiger partial charge in [0.1, 0.15) is 0 Å². The monoisotopic (exact) mass is 206 g/mol. The average Bonchev–Trinajstić information content (AvgIpc) is 2.66. The molecule has 0 spiro atoms. The molecule has 1 aromatic rings. The van der Waals surface area contributed by atoms with Crippen LogP contribution in [0.25, 0.3) is 0 Å². The van der Waals surface area contributed by atoms with Crippen molar-refractivity contribution in [3.8, 4) is 0 Å². The van der Waals surface area contributed by atoms with Crippen molar-refractivity contribution < 1.29 is 4.74 Å². The molecule has 0 radical (unpaired) electrons. The fourth-order valence-corrected chi connectivity index (χ4v) is 2.07. The van der Waals surface area contributed by atoms with E-state index in [2.05, 4.69) is 11.9 Å². The zero-order valence-electron chi connectivity index (χ0n) is 9.10. The van der Waals surface area contributed by atoms with Crippen molar-refractivity contribution in [3.05, 3.63) is 30.1 Å². The average molecular weight is 206 g/mol. The van der Waals surface area contributed by atoms with Crippen molar-refractivity contribution in [2.24, 2.45) is 5.73 Å². The van der Waals surface area contributed by atoms with Crippen molar-refractivity contribution >= 4 is 0 Å². The van der Waals surface area contributed by atoms with Gasteiger partial charge in [0.15, 0.2) is 0 Å². The molecule has 3 heteroatoms. The smallest absolute Gasteiger partial charge is 0.0733 e. The van der Waals surface area contributed by atoms with E-state index in [-0.39, 0.29) is 12.1 Å². The van der Waals surface area contributed by atoms with Crippen LogP contribution < -0.4 is 5.73 Å². The summed E-state index contributed by atoms with van der Waals surface area (Å²) in [5.74, 6) is 0. The fourth-order valence-electron chi connectivity index (χ4n) is 2.07. The van der Waals surface area contributed by atoms with Crippen molar-refractivity contribution in [3.63, 3.8) is 0 Å². The summed E-state index contributed by atoms with van der Waals surface area (Å²) < 4.78 is 5.75. The maximum absolute atomic E-state index is 6.13. The van der Waals surface area contributed by atoms with Gasteiger partial charge in [0, 0.05) is 18.4 Å². The van der Waals surface area contributed by atoms with Crippen LogP contribution in [0.5, 0.6) is 0 Å². The molecule has 1 saturated heterocycles. The lowest BCUT2D eigenvalue weighted by Crippen LogP contribution is -2.36. The van der Waals surface area contributed by atoms with Gasteiger partial charge in [0.05, 0.1) is 12.2 Å². The van der Waals surface area contributed by atoms with Gasteiger partial charge in [-0.15, -0.1) is 0 Å². The highest BCUT2D eigenvalue weighted by atomic mass is 16.5. The highest BCUT2D eigenvalue weighted by Crippen LogP contribution is 2.22. The molecule has 2 heterocycles. The molecule has 0 aromatic carbocycles. The first-order valence-corrected chi connectivity index (χ1v) is 5.55. The second-order valence-corrected chi connectivity index (χ2v) is 4.29. The van der Waals surface area contributed by atoms with E-state index < -0.39 is 0 Å². The Morgan fingerprint density at radius 3 is 2.80 bits per heavy atom. The minimum Gasteiger partial charge on any atom is -0.374 e. The van der Waals surface area contributed by atoms with E-state index in [9.17, 15) is 0 Å². The van der Waals surface area contributed by atoms with E-state index in [1.54, 1.807) is 12.4 Å². The molecule has 2 rings (SSSR count). The van der Waals surface area contributed by atoms with E-state index in [1.165, 1.54) is 5.56 Å². The standard InChI is InChI=1S/C12H18N2O/c1-9-2-3-12(15-9)11(13)8-10-4-6-14-7-5-10/h4-7,9,11-12H,2-3,8,13H2,1H3. The van der Waals surface area contributed by atoms with Crippen LogP contribution in [-0.4, -0.2) is 23.2 Å². The lowest BCUT2D eigenvalue weighted by molar-refractivity contribution is 0.0404. The summed E-state index contributed by atoms with van der Waals surface area (Å²) in [5.41, 5.74) is 7.36. The predicted molar refractivity (Wildman–Crippen MR) is 59.5 cm³/mol. The summed E-state index contributed by atoms with van der Waals surface area (Å²) in [5, 5.41) is 0. The predicted octanol–water partition coefficient (Wildman–Crippen LogP) is 1.52. The molecule has 1 aliphatic heterocycles. The fraction of sp³-hybridized carbons (Fsp3) is 0.583. The van der Waals surface area contributed by atoms with Crippen molar-refractivity contribution in [2.45, 2.75) is 44.4 Å². The Morgan fingerprint density at radius 1 is 1.47 bits per heavy atom. The van der Waals surface area contributed by atoms with Crippen molar-refractivity contribution in [1.82, 2.24) is 4.98 Å². The van der Waals surface area contributed by atoms with Crippen LogP contribution in [0.2, 0.25) is 0 Å². The number of hydrogen-bond donors (Lipinski definition) is 1.